The number of hydrogen-bond donors (Lipinski definition) is 1. The van der Waals surface area contributed by atoms with Crippen LogP contribution in [-0.2, 0) is 14.8 Å². The van der Waals surface area contributed by atoms with Gasteiger partial charge in [-0.15, -0.1) is 0 Å². The fourth-order valence-electron chi connectivity index (χ4n) is 3.07. The summed E-state index contributed by atoms with van der Waals surface area (Å²) in [6.45, 7) is 2.65. The third kappa shape index (κ3) is 4.36. The van der Waals surface area contributed by atoms with Gasteiger partial charge in [0.1, 0.15) is 0 Å². The van der Waals surface area contributed by atoms with Crippen LogP contribution in [0.2, 0.25) is 0 Å². The first-order chi connectivity index (χ1) is 12.9. The van der Waals surface area contributed by atoms with Crippen LogP contribution < -0.4 is 9.62 Å². The first-order valence-electron chi connectivity index (χ1n) is 8.87. The van der Waals surface area contributed by atoms with Gasteiger partial charge in [-0.05, 0) is 42.2 Å². The molecule has 2 amide bonds. The van der Waals surface area contributed by atoms with E-state index in [1.807, 2.05) is 18.2 Å². The standard InChI is InChI=1S/C20H22N2O4S/c1-15(16-5-3-2-4-6-16)11-13-21-20(24)17-7-9-18(10-8-17)22-19(23)12-14-27(22,25)26/h2-10,15H,11-14H2,1H3,(H,21,24). The fourth-order valence-corrected chi connectivity index (χ4v) is 4.53. The number of nitrogens with zero attached hydrogens (tertiary/aromatic N) is 1. The molecule has 0 bridgehead atoms. The normalized spacial score (nSPS) is 16.9. The molecular formula is C20H22N2O4S. The van der Waals surface area contributed by atoms with Crippen molar-refractivity contribution in [2.24, 2.45) is 0 Å². The van der Waals surface area contributed by atoms with Gasteiger partial charge in [0, 0.05) is 18.5 Å². The highest BCUT2D eigenvalue weighted by molar-refractivity contribution is 7.94. The summed E-state index contributed by atoms with van der Waals surface area (Å²) in [5, 5.41) is 2.88. The molecule has 0 aromatic heterocycles. The van der Waals surface area contributed by atoms with Gasteiger partial charge in [-0.1, -0.05) is 37.3 Å². The van der Waals surface area contributed by atoms with Gasteiger partial charge in [0.2, 0.25) is 15.9 Å². The monoisotopic (exact) mass is 386 g/mol. The number of hydrogen-bond acceptors (Lipinski definition) is 4. The molecule has 1 aliphatic heterocycles. The van der Waals surface area contributed by atoms with E-state index in [-0.39, 0.29) is 23.8 Å². The SMILES string of the molecule is CC(CCNC(=O)c1ccc(N2C(=O)CCS2(=O)=O)cc1)c1ccccc1. The van der Waals surface area contributed by atoms with Crippen molar-refractivity contribution in [3.63, 3.8) is 0 Å². The molecule has 142 valence electrons. The van der Waals surface area contributed by atoms with Crippen LogP contribution in [0.4, 0.5) is 5.69 Å². The van der Waals surface area contributed by atoms with Gasteiger partial charge in [-0.25, -0.2) is 12.7 Å². The number of carbonyl (C=O) groups excluding carboxylic acids is 2. The highest BCUT2D eigenvalue weighted by Gasteiger charge is 2.36. The highest BCUT2D eigenvalue weighted by Crippen LogP contribution is 2.25. The third-order valence-corrected chi connectivity index (χ3v) is 6.36. The smallest absolute Gasteiger partial charge is 0.251 e. The zero-order valence-electron chi connectivity index (χ0n) is 15.1. The molecule has 2 aromatic carbocycles. The van der Waals surface area contributed by atoms with E-state index in [0.29, 0.717) is 18.0 Å². The summed E-state index contributed by atoms with van der Waals surface area (Å²) in [6.07, 6.45) is 0.804. The van der Waals surface area contributed by atoms with Crippen molar-refractivity contribution in [3.05, 3.63) is 65.7 Å². The summed E-state index contributed by atoms with van der Waals surface area (Å²) in [7, 11) is -3.59. The van der Waals surface area contributed by atoms with Gasteiger partial charge in [0.25, 0.3) is 5.91 Å². The molecule has 1 aliphatic rings. The van der Waals surface area contributed by atoms with Gasteiger partial charge >= 0.3 is 0 Å². The maximum absolute atomic E-state index is 12.3. The van der Waals surface area contributed by atoms with Gasteiger partial charge in [-0.3, -0.25) is 9.59 Å². The maximum Gasteiger partial charge on any atom is 0.251 e. The minimum absolute atomic E-state index is 0.00975. The second kappa shape index (κ2) is 7.92. The molecule has 27 heavy (non-hydrogen) atoms. The zero-order valence-corrected chi connectivity index (χ0v) is 15.9. The van der Waals surface area contributed by atoms with Gasteiger partial charge in [0.05, 0.1) is 11.4 Å². The summed E-state index contributed by atoms with van der Waals surface area (Å²) >= 11 is 0. The Morgan fingerprint density at radius 2 is 1.78 bits per heavy atom. The molecule has 1 heterocycles. The molecule has 0 spiro atoms. The van der Waals surface area contributed by atoms with Crippen molar-refractivity contribution in [2.75, 3.05) is 16.6 Å². The lowest BCUT2D eigenvalue weighted by Crippen LogP contribution is -2.29. The Morgan fingerprint density at radius 3 is 2.37 bits per heavy atom. The van der Waals surface area contributed by atoms with Crippen LogP contribution in [0.25, 0.3) is 0 Å². The van der Waals surface area contributed by atoms with Crippen molar-refractivity contribution < 1.29 is 18.0 Å². The molecule has 0 aliphatic carbocycles. The highest BCUT2D eigenvalue weighted by atomic mass is 32.2. The Hall–Kier alpha value is -2.67. The van der Waals surface area contributed by atoms with Crippen molar-refractivity contribution in [1.82, 2.24) is 5.32 Å². The molecule has 0 saturated carbocycles. The molecule has 1 fully saturated rings. The van der Waals surface area contributed by atoms with E-state index in [2.05, 4.69) is 24.4 Å². The lowest BCUT2D eigenvalue weighted by Gasteiger charge is -2.15. The van der Waals surface area contributed by atoms with E-state index in [1.54, 1.807) is 0 Å². The Balaban J connectivity index is 1.57. The average Bonchev–Trinajstić information content (AvgIpc) is 2.95. The molecule has 3 rings (SSSR count). The van der Waals surface area contributed by atoms with E-state index in [4.69, 9.17) is 0 Å². The maximum atomic E-state index is 12.3. The number of rotatable bonds is 6. The Morgan fingerprint density at radius 1 is 1.11 bits per heavy atom. The molecule has 1 atom stereocenters. The molecule has 0 radical (unpaired) electrons. The topological polar surface area (TPSA) is 83.6 Å². The largest absolute Gasteiger partial charge is 0.352 e. The minimum atomic E-state index is -3.59. The second-order valence-corrected chi connectivity index (χ2v) is 8.56. The summed E-state index contributed by atoms with van der Waals surface area (Å²) in [6, 6.07) is 16.2. The van der Waals surface area contributed by atoms with Crippen molar-refractivity contribution in [3.8, 4) is 0 Å². The number of anilines is 1. The number of amides is 2. The molecule has 1 N–H and O–H groups in total. The molecule has 1 unspecified atom stereocenters. The molecule has 1 saturated heterocycles. The van der Waals surface area contributed by atoms with E-state index in [1.165, 1.54) is 29.8 Å². The molecular weight excluding hydrogens is 364 g/mol. The zero-order chi connectivity index (χ0) is 19.4. The minimum Gasteiger partial charge on any atom is -0.352 e. The van der Waals surface area contributed by atoms with Gasteiger partial charge in [0.15, 0.2) is 0 Å². The number of carbonyl (C=O) groups is 2. The quantitative estimate of drug-likeness (QED) is 0.827. The summed E-state index contributed by atoms with van der Waals surface area (Å²) < 4.78 is 24.7. The number of benzene rings is 2. The lowest BCUT2D eigenvalue weighted by molar-refractivity contribution is -0.116. The van der Waals surface area contributed by atoms with Crippen LogP contribution in [0.5, 0.6) is 0 Å². The predicted octanol–water partition coefficient (Wildman–Crippen LogP) is 2.68. The predicted molar refractivity (Wildman–Crippen MR) is 104 cm³/mol. The van der Waals surface area contributed by atoms with Crippen LogP contribution in [0.15, 0.2) is 54.6 Å². The molecule has 7 heteroatoms. The Labute approximate surface area is 159 Å². The first kappa shape index (κ1) is 19.1. The van der Waals surface area contributed by atoms with Crippen LogP contribution >= 0.6 is 0 Å². The van der Waals surface area contributed by atoms with E-state index in [0.717, 1.165) is 10.7 Å². The van der Waals surface area contributed by atoms with Crippen LogP contribution in [-0.4, -0.2) is 32.5 Å². The van der Waals surface area contributed by atoms with Crippen molar-refractivity contribution in [1.29, 1.82) is 0 Å². The van der Waals surface area contributed by atoms with E-state index < -0.39 is 15.9 Å². The van der Waals surface area contributed by atoms with Crippen molar-refractivity contribution in [2.45, 2.75) is 25.7 Å². The van der Waals surface area contributed by atoms with Crippen LogP contribution in [0.1, 0.15) is 41.6 Å². The fraction of sp³-hybridized carbons (Fsp3) is 0.300. The summed E-state index contributed by atoms with van der Waals surface area (Å²) in [4.78, 5) is 24.1. The van der Waals surface area contributed by atoms with Gasteiger partial charge < -0.3 is 5.32 Å². The number of nitrogens with one attached hydrogen (secondary N) is 1. The van der Waals surface area contributed by atoms with Gasteiger partial charge in [-0.2, -0.15) is 0 Å². The summed E-state index contributed by atoms with van der Waals surface area (Å²) in [5.41, 5.74) is 1.93. The molecule has 2 aromatic rings. The Kier molecular flexibility index (Phi) is 5.60. The third-order valence-electron chi connectivity index (χ3n) is 4.67. The van der Waals surface area contributed by atoms with Crippen LogP contribution in [0, 0.1) is 0 Å². The second-order valence-electron chi connectivity index (χ2n) is 6.63. The van der Waals surface area contributed by atoms with Crippen molar-refractivity contribution >= 4 is 27.5 Å². The molecule has 6 nitrogen and oxygen atoms in total. The number of sulfonamides is 1. The first-order valence-corrected chi connectivity index (χ1v) is 10.5. The van der Waals surface area contributed by atoms with E-state index in [9.17, 15) is 18.0 Å². The lowest BCUT2D eigenvalue weighted by atomic mass is 9.98. The van der Waals surface area contributed by atoms with Crippen LogP contribution in [0.3, 0.4) is 0 Å². The average molecular weight is 386 g/mol. The summed E-state index contributed by atoms with van der Waals surface area (Å²) in [5.74, 6) is -0.506. The van der Waals surface area contributed by atoms with E-state index >= 15 is 0 Å². The Bertz CT molecular complexity index is 924.